The van der Waals surface area contributed by atoms with Gasteiger partial charge in [0.15, 0.2) is 0 Å². The predicted molar refractivity (Wildman–Crippen MR) is 91.8 cm³/mol. The SMILES string of the molecule is Cc1nc(-c2ccccc2)cc2c1C(=O)N(C1CCCCC1)C2=O. The van der Waals surface area contributed by atoms with Crippen molar-refractivity contribution in [2.45, 2.75) is 45.1 Å². The van der Waals surface area contributed by atoms with Crippen molar-refractivity contribution in [1.82, 2.24) is 9.88 Å². The molecule has 4 rings (SSSR count). The number of benzene rings is 1. The zero-order chi connectivity index (χ0) is 16.7. The first-order valence-corrected chi connectivity index (χ1v) is 8.62. The van der Waals surface area contributed by atoms with Gasteiger partial charge in [-0.2, -0.15) is 0 Å². The summed E-state index contributed by atoms with van der Waals surface area (Å²) in [6.07, 6.45) is 5.21. The van der Waals surface area contributed by atoms with E-state index >= 15 is 0 Å². The van der Waals surface area contributed by atoms with Crippen LogP contribution in [0.4, 0.5) is 0 Å². The zero-order valence-electron chi connectivity index (χ0n) is 13.8. The van der Waals surface area contributed by atoms with E-state index in [2.05, 4.69) is 4.98 Å². The van der Waals surface area contributed by atoms with Crippen LogP contribution in [0.3, 0.4) is 0 Å². The number of imide groups is 1. The normalized spacial score (nSPS) is 18.1. The van der Waals surface area contributed by atoms with Gasteiger partial charge in [0.2, 0.25) is 0 Å². The molecule has 0 spiro atoms. The van der Waals surface area contributed by atoms with E-state index in [-0.39, 0.29) is 17.9 Å². The van der Waals surface area contributed by atoms with E-state index < -0.39 is 0 Å². The van der Waals surface area contributed by atoms with Gasteiger partial charge in [-0.15, -0.1) is 0 Å². The predicted octanol–water partition coefficient (Wildman–Crippen LogP) is 3.99. The molecule has 1 fully saturated rings. The Kier molecular flexibility index (Phi) is 3.68. The Morgan fingerprint density at radius 3 is 2.42 bits per heavy atom. The number of rotatable bonds is 2. The van der Waals surface area contributed by atoms with Crippen molar-refractivity contribution in [3.63, 3.8) is 0 Å². The molecule has 0 N–H and O–H groups in total. The average molecular weight is 320 g/mol. The van der Waals surface area contributed by atoms with Crippen molar-refractivity contribution >= 4 is 11.8 Å². The Hall–Kier alpha value is -2.49. The minimum Gasteiger partial charge on any atom is -0.271 e. The standard InChI is InChI=1S/C20H20N2O2/c1-13-18-16(12-17(21-13)14-8-4-2-5-9-14)19(23)22(20(18)24)15-10-6-3-7-11-15/h2,4-5,8-9,12,15H,3,6-7,10-11H2,1H3. The van der Waals surface area contributed by atoms with Crippen LogP contribution in [0.2, 0.25) is 0 Å². The fourth-order valence-electron chi connectivity index (χ4n) is 3.88. The number of nitrogens with zero attached hydrogens (tertiary/aromatic N) is 2. The monoisotopic (exact) mass is 320 g/mol. The fourth-order valence-corrected chi connectivity index (χ4v) is 3.88. The number of carbonyl (C=O) groups excluding carboxylic acids is 2. The Balaban J connectivity index is 1.76. The maximum absolute atomic E-state index is 12.9. The second kappa shape index (κ2) is 5.86. The van der Waals surface area contributed by atoms with Crippen molar-refractivity contribution in [2.24, 2.45) is 0 Å². The lowest BCUT2D eigenvalue weighted by atomic mass is 9.94. The fraction of sp³-hybridized carbons (Fsp3) is 0.350. The summed E-state index contributed by atoms with van der Waals surface area (Å²) in [5.74, 6) is -0.309. The van der Waals surface area contributed by atoms with Crippen LogP contribution >= 0.6 is 0 Å². The second-order valence-electron chi connectivity index (χ2n) is 6.65. The lowest BCUT2D eigenvalue weighted by Crippen LogP contribution is -2.41. The topological polar surface area (TPSA) is 50.3 Å². The van der Waals surface area contributed by atoms with E-state index in [1.807, 2.05) is 37.3 Å². The summed E-state index contributed by atoms with van der Waals surface area (Å²) >= 11 is 0. The van der Waals surface area contributed by atoms with Gasteiger partial charge in [0.05, 0.1) is 22.5 Å². The summed E-state index contributed by atoms with van der Waals surface area (Å²) in [5, 5.41) is 0. The number of aryl methyl sites for hydroxylation is 1. The molecule has 0 atom stereocenters. The Labute approximate surface area is 141 Å². The molecule has 0 radical (unpaired) electrons. The summed E-state index contributed by atoms with van der Waals surface area (Å²) in [6.45, 7) is 1.82. The summed E-state index contributed by atoms with van der Waals surface area (Å²) in [5.41, 5.74) is 3.35. The third kappa shape index (κ3) is 2.33. The van der Waals surface area contributed by atoms with E-state index in [0.717, 1.165) is 36.9 Å². The third-order valence-electron chi connectivity index (χ3n) is 5.09. The maximum Gasteiger partial charge on any atom is 0.263 e. The molecule has 1 aliphatic heterocycles. The summed E-state index contributed by atoms with van der Waals surface area (Å²) < 4.78 is 0. The molecule has 0 saturated heterocycles. The highest BCUT2D eigenvalue weighted by Crippen LogP contribution is 2.33. The largest absolute Gasteiger partial charge is 0.271 e. The third-order valence-corrected chi connectivity index (χ3v) is 5.09. The van der Waals surface area contributed by atoms with E-state index in [9.17, 15) is 9.59 Å². The Bertz CT molecular complexity index is 808. The number of carbonyl (C=O) groups is 2. The zero-order valence-corrected chi connectivity index (χ0v) is 13.8. The molecule has 2 aromatic rings. The van der Waals surface area contributed by atoms with Crippen LogP contribution in [0.15, 0.2) is 36.4 Å². The van der Waals surface area contributed by atoms with Crippen LogP contribution in [0.5, 0.6) is 0 Å². The summed E-state index contributed by atoms with van der Waals surface area (Å²) in [4.78, 5) is 31.8. The number of amides is 2. The van der Waals surface area contributed by atoms with Crippen molar-refractivity contribution in [3.8, 4) is 11.3 Å². The average Bonchev–Trinajstić information content (AvgIpc) is 2.87. The molecule has 2 heterocycles. The van der Waals surface area contributed by atoms with E-state index in [1.165, 1.54) is 11.3 Å². The number of hydrogen-bond acceptors (Lipinski definition) is 3. The Morgan fingerprint density at radius 2 is 1.71 bits per heavy atom. The number of fused-ring (bicyclic) bond motifs is 1. The molecular weight excluding hydrogens is 300 g/mol. The molecule has 122 valence electrons. The minimum absolute atomic E-state index is 0.0470. The number of hydrogen-bond donors (Lipinski definition) is 0. The van der Waals surface area contributed by atoms with Gasteiger partial charge in [0.1, 0.15) is 0 Å². The molecule has 0 bridgehead atoms. The van der Waals surface area contributed by atoms with E-state index in [4.69, 9.17) is 0 Å². The van der Waals surface area contributed by atoms with Gasteiger partial charge < -0.3 is 0 Å². The molecule has 2 amide bonds. The first-order chi connectivity index (χ1) is 11.7. The molecule has 4 heteroatoms. The van der Waals surface area contributed by atoms with E-state index in [0.29, 0.717) is 16.8 Å². The molecular formula is C20H20N2O2. The highest BCUT2D eigenvalue weighted by Gasteiger charge is 2.41. The van der Waals surface area contributed by atoms with Gasteiger partial charge in [0, 0.05) is 11.6 Å². The van der Waals surface area contributed by atoms with Crippen LogP contribution < -0.4 is 0 Å². The molecule has 1 saturated carbocycles. The molecule has 24 heavy (non-hydrogen) atoms. The van der Waals surface area contributed by atoms with Crippen LogP contribution in [0.25, 0.3) is 11.3 Å². The molecule has 1 aliphatic carbocycles. The quantitative estimate of drug-likeness (QED) is 0.786. The maximum atomic E-state index is 12.9. The van der Waals surface area contributed by atoms with Gasteiger partial charge in [-0.1, -0.05) is 49.6 Å². The lowest BCUT2D eigenvalue weighted by molar-refractivity contribution is 0.0548. The van der Waals surface area contributed by atoms with E-state index in [1.54, 1.807) is 6.07 Å². The number of aromatic nitrogens is 1. The second-order valence-corrected chi connectivity index (χ2v) is 6.65. The lowest BCUT2D eigenvalue weighted by Gasteiger charge is -2.29. The molecule has 1 aromatic carbocycles. The van der Waals surface area contributed by atoms with Gasteiger partial charge in [-0.3, -0.25) is 19.5 Å². The first-order valence-electron chi connectivity index (χ1n) is 8.62. The molecule has 1 aromatic heterocycles. The first kappa shape index (κ1) is 15.1. The smallest absolute Gasteiger partial charge is 0.263 e. The Morgan fingerprint density at radius 1 is 1.00 bits per heavy atom. The molecule has 4 nitrogen and oxygen atoms in total. The van der Waals surface area contributed by atoms with Crippen molar-refractivity contribution < 1.29 is 9.59 Å². The highest BCUT2D eigenvalue weighted by molar-refractivity contribution is 6.22. The minimum atomic E-state index is -0.161. The van der Waals surface area contributed by atoms with Gasteiger partial charge >= 0.3 is 0 Å². The van der Waals surface area contributed by atoms with Gasteiger partial charge in [-0.25, -0.2) is 0 Å². The van der Waals surface area contributed by atoms with Crippen molar-refractivity contribution in [2.75, 3.05) is 0 Å². The van der Waals surface area contributed by atoms with Crippen LogP contribution in [0.1, 0.15) is 58.5 Å². The van der Waals surface area contributed by atoms with Gasteiger partial charge in [0.25, 0.3) is 11.8 Å². The van der Waals surface area contributed by atoms with Crippen LogP contribution in [-0.4, -0.2) is 27.7 Å². The summed E-state index contributed by atoms with van der Waals surface area (Å²) in [7, 11) is 0. The van der Waals surface area contributed by atoms with Crippen molar-refractivity contribution in [3.05, 3.63) is 53.2 Å². The van der Waals surface area contributed by atoms with Crippen LogP contribution in [0, 0.1) is 6.92 Å². The summed E-state index contributed by atoms with van der Waals surface area (Å²) in [6, 6.07) is 11.6. The van der Waals surface area contributed by atoms with Crippen molar-refractivity contribution in [1.29, 1.82) is 0 Å². The highest BCUT2D eigenvalue weighted by atomic mass is 16.2. The van der Waals surface area contributed by atoms with Crippen LogP contribution in [-0.2, 0) is 0 Å². The molecule has 2 aliphatic rings. The number of pyridine rings is 1. The molecule has 0 unspecified atom stereocenters. The van der Waals surface area contributed by atoms with Gasteiger partial charge in [-0.05, 0) is 25.8 Å².